The van der Waals surface area contributed by atoms with E-state index < -0.39 is 0 Å². The highest BCUT2D eigenvalue weighted by Gasteiger charge is 2.00. The normalized spacial score (nSPS) is 10.6. The van der Waals surface area contributed by atoms with Crippen LogP contribution in [0.2, 0.25) is 0 Å². The Balaban J connectivity index is 2.37. The second kappa shape index (κ2) is 6.62. The molecule has 0 radical (unpaired) electrons. The van der Waals surface area contributed by atoms with Crippen LogP contribution >= 0.6 is 0 Å². The SMILES string of the molecule is CCNCCCCc1c(C)cccc1C. The zero-order valence-electron chi connectivity index (χ0n) is 10.3. The molecule has 0 aliphatic rings. The van der Waals surface area contributed by atoms with E-state index in [0.29, 0.717) is 0 Å². The second-order valence-corrected chi connectivity index (χ2v) is 4.18. The van der Waals surface area contributed by atoms with Gasteiger partial charge in [0.15, 0.2) is 0 Å². The van der Waals surface area contributed by atoms with Crippen molar-refractivity contribution in [3.8, 4) is 0 Å². The summed E-state index contributed by atoms with van der Waals surface area (Å²) in [6.45, 7) is 8.83. The minimum absolute atomic E-state index is 1.09. The van der Waals surface area contributed by atoms with Gasteiger partial charge in [0.2, 0.25) is 0 Å². The van der Waals surface area contributed by atoms with E-state index in [1.165, 1.54) is 30.4 Å². The molecule has 1 nitrogen and oxygen atoms in total. The third kappa shape index (κ3) is 4.05. The molecule has 0 amide bonds. The Bertz CT molecular complexity index is 271. The molecule has 1 aromatic rings. The summed E-state index contributed by atoms with van der Waals surface area (Å²) in [4.78, 5) is 0. The first-order chi connectivity index (χ1) is 7.25. The molecule has 0 fully saturated rings. The Morgan fingerprint density at radius 1 is 1.07 bits per heavy atom. The molecule has 0 saturated heterocycles. The molecule has 15 heavy (non-hydrogen) atoms. The Hall–Kier alpha value is -0.820. The molecule has 0 aliphatic carbocycles. The molecule has 84 valence electrons. The first kappa shape index (κ1) is 12.3. The minimum Gasteiger partial charge on any atom is -0.317 e. The highest BCUT2D eigenvalue weighted by molar-refractivity contribution is 5.33. The smallest absolute Gasteiger partial charge is 0.00489 e. The van der Waals surface area contributed by atoms with Crippen molar-refractivity contribution in [1.29, 1.82) is 0 Å². The Kier molecular flexibility index (Phi) is 5.41. The lowest BCUT2D eigenvalue weighted by molar-refractivity contribution is 0.639. The lowest BCUT2D eigenvalue weighted by atomic mass is 9.98. The van der Waals surface area contributed by atoms with E-state index in [0.717, 1.165) is 13.1 Å². The maximum atomic E-state index is 3.36. The van der Waals surface area contributed by atoms with E-state index in [1.807, 2.05) is 0 Å². The van der Waals surface area contributed by atoms with Crippen LogP contribution in [0.5, 0.6) is 0 Å². The molecule has 0 unspecified atom stereocenters. The van der Waals surface area contributed by atoms with Crippen LogP contribution < -0.4 is 5.32 Å². The van der Waals surface area contributed by atoms with Gasteiger partial charge in [-0.3, -0.25) is 0 Å². The van der Waals surface area contributed by atoms with Gasteiger partial charge in [0, 0.05) is 0 Å². The summed E-state index contributed by atoms with van der Waals surface area (Å²) in [5.41, 5.74) is 4.44. The zero-order valence-corrected chi connectivity index (χ0v) is 10.3. The average molecular weight is 205 g/mol. The predicted molar refractivity (Wildman–Crippen MR) is 67.4 cm³/mol. The Morgan fingerprint density at radius 3 is 2.33 bits per heavy atom. The minimum atomic E-state index is 1.09. The van der Waals surface area contributed by atoms with Gasteiger partial charge >= 0.3 is 0 Å². The van der Waals surface area contributed by atoms with E-state index >= 15 is 0 Å². The van der Waals surface area contributed by atoms with Gasteiger partial charge in [-0.25, -0.2) is 0 Å². The first-order valence-corrected chi connectivity index (χ1v) is 6.01. The Labute approximate surface area is 93.9 Å². The first-order valence-electron chi connectivity index (χ1n) is 6.01. The summed E-state index contributed by atoms with van der Waals surface area (Å²) >= 11 is 0. The van der Waals surface area contributed by atoms with Crippen LogP contribution in [0.3, 0.4) is 0 Å². The molecule has 0 aliphatic heterocycles. The molecule has 0 bridgehead atoms. The lowest BCUT2D eigenvalue weighted by Gasteiger charge is -2.09. The number of hydrogen-bond acceptors (Lipinski definition) is 1. The monoisotopic (exact) mass is 205 g/mol. The number of unbranched alkanes of at least 4 members (excludes halogenated alkanes) is 1. The number of benzene rings is 1. The fourth-order valence-electron chi connectivity index (χ4n) is 1.97. The molecule has 0 atom stereocenters. The van der Waals surface area contributed by atoms with Crippen LogP contribution in [0, 0.1) is 13.8 Å². The van der Waals surface area contributed by atoms with Crippen molar-refractivity contribution in [2.75, 3.05) is 13.1 Å². The van der Waals surface area contributed by atoms with Gasteiger partial charge < -0.3 is 5.32 Å². The van der Waals surface area contributed by atoms with E-state index in [1.54, 1.807) is 5.56 Å². The number of nitrogens with one attached hydrogen (secondary N) is 1. The van der Waals surface area contributed by atoms with Crippen LogP contribution in [0.15, 0.2) is 18.2 Å². The van der Waals surface area contributed by atoms with Crippen molar-refractivity contribution in [2.24, 2.45) is 0 Å². The quantitative estimate of drug-likeness (QED) is 0.703. The molecule has 0 saturated carbocycles. The van der Waals surface area contributed by atoms with Crippen LogP contribution in [0.25, 0.3) is 0 Å². The van der Waals surface area contributed by atoms with Gasteiger partial charge in [0.05, 0.1) is 0 Å². The van der Waals surface area contributed by atoms with Crippen molar-refractivity contribution in [2.45, 2.75) is 40.0 Å². The highest BCUT2D eigenvalue weighted by Crippen LogP contribution is 2.15. The van der Waals surface area contributed by atoms with Crippen LogP contribution in [-0.4, -0.2) is 13.1 Å². The van der Waals surface area contributed by atoms with Crippen LogP contribution in [0.1, 0.15) is 36.5 Å². The summed E-state index contributed by atoms with van der Waals surface area (Å²) in [5, 5.41) is 3.36. The number of rotatable bonds is 6. The van der Waals surface area contributed by atoms with Crippen molar-refractivity contribution in [3.63, 3.8) is 0 Å². The maximum Gasteiger partial charge on any atom is -0.00489 e. The second-order valence-electron chi connectivity index (χ2n) is 4.18. The molecular weight excluding hydrogens is 182 g/mol. The van der Waals surface area contributed by atoms with Crippen LogP contribution in [-0.2, 0) is 6.42 Å². The van der Waals surface area contributed by atoms with Crippen molar-refractivity contribution in [1.82, 2.24) is 5.32 Å². The fourth-order valence-corrected chi connectivity index (χ4v) is 1.97. The summed E-state index contributed by atoms with van der Waals surface area (Å²) in [6.07, 6.45) is 3.80. The lowest BCUT2D eigenvalue weighted by Crippen LogP contribution is -2.14. The number of aryl methyl sites for hydroxylation is 2. The molecule has 0 heterocycles. The van der Waals surface area contributed by atoms with Crippen molar-refractivity contribution >= 4 is 0 Å². The molecule has 1 rings (SSSR count). The summed E-state index contributed by atoms with van der Waals surface area (Å²) in [6, 6.07) is 6.58. The molecule has 1 aromatic carbocycles. The maximum absolute atomic E-state index is 3.36. The zero-order chi connectivity index (χ0) is 11.1. The van der Waals surface area contributed by atoms with Gasteiger partial charge in [-0.1, -0.05) is 25.1 Å². The third-order valence-corrected chi connectivity index (χ3v) is 2.92. The standard InChI is InChI=1S/C14H23N/c1-4-15-11-6-5-10-14-12(2)8-7-9-13(14)3/h7-9,15H,4-6,10-11H2,1-3H3. The largest absolute Gasteiger partial charge is 0.317 e. The van der Waals surface area contributed by atoms with E-state index in [-0.39, 0.29) is 0 Å². The van der Waals surface area contributed by atoms with Crippen molar-refractivity contribution in [3.05, 3.63) is 34.9 Å². The van der Waals surface area contributed by atoms with E-state index in [9.17, 15) is 0 Å². The molecule has 0 aromatic heterocycles. The van der Waals surface area contributed by atoms with Gasteiger partial charge in [-0.15, -0.1) is 0 Å². The molecule has 1 N–H and O–H groups in total. The number of hydrogen-bond donors (Lipinski definition) is 1. The summed E-state index contributed by atoms with van der Waals surface area (Å²) < 4.78 is 0. The van der Waals surface area contributed by atoms with Gasteiger partial charge in [0.1, 0.15) is 0 Å². The van der Waals surface area contributed by atoms with Gasteiger partial charge in [-0.05, 0) is 62.9 Å². The molecule has 0 spiro atoms. The van der Waals surface area contributed by atoms with Crippen molar-refractivity contribution < 1.29 is 0 Å². The summed E-state index contributed by atoms with van der Waals surface area (Å²) in [5.74, 6) is 0. The Morgan fingerprint density at radius 2 is 1.73 bits per heavy atom. The predicted octanol–water partition coefficient (Wildman–Crippen LogP) is 3.24. The van der Waals surface area contributed by atoms with Gasteiger partial charge in [0.25, 0.3) is 0 Å². The fraction of sp³-hybridized carbons (Fsp3) is 0.571. The molecular formula is C14H23N. The van der Waals surface area contributed by atoms with E-state index in [2.05, 4.69) is 44.3 Å². The van der Waals surface area contributed by atoms with Crippen LogP contribution in [0.4, 0.5) is 0 Å². The third-order valence-electron chi connectivity index (χ3n) is 2.92. The van der Waals surface area contributed by atoms with E-state index in [4.69, 9.17) is 0 Å². The average Bonchev–Trinajstić information content (AvgIpc) is 2.21. The topological polar surface area (TPSA) is 12.0 Å². The summed E-state index contributed by atoms with van der Waals surface area (Å²) in [7, 11) is 0. The van der Waals surface area contributed by atoms with Gasteiger partial charge in [-0.2, -0.15) is 0 Å². The molecule has 1 heteroatoms. The highest BCUT2D eigenvalue weighted by atomic mass is 14.8.